The van der Waals surface area contributed by atoms with Crippen molar-refractivity contribution >= 4 is 16.2 Å². The van der Waals surface area contributed by atoms with Gasteiger partial charge in [-0.2, -0.15) is 17.4 Å². The molecule has 1 saturated carbocycles. The van der Waals surface area contributed by atoms with Crippen LogP contribution in [0.3, 0.4) is 0 Å². The second kappa shape index (κ2) is 6.49. The van der Waals surface area contributed by atoms with Crippen LogP contribution in [0.4, 0.5) is 0 Å². The first-order valence-electron chi connectivity index (χ1n) is 6.28. The molecule has 0 aromatic rings. The van der Waals surface area contributed by atoms with Crippen LogP contribution in [0, 0.1) is 5.92 Å². The lowest BCUT2D eigenvalue weighted by Crippen LogP contribution is -2.45. The van der Waals surface area contributed by atoms with Gasteiger partial charge in [0.1, 0.15) is 0 Å². The Morgan fingerprint density at radius 3 is 2.50 bits per heavy atom. The van der Waals surface area contributed by atoms with Crippen molar-refractivity contribution in [2.24, 2.45) is 5.92 Å². The van der Waals surface area contributed by atoms with Crippen molar-refractivity contribution in [1.82, 2.24) is 9.03 Å². The average Bonchev–Trinajstić information content (AvgIpc) is 2.78. The number of nitrogens with zero attached hydrogens (tertiary/aromatic N) is 1. The topological polar surface area (TPSA) is 86.7 Å². The van der Waals surface area contributed by atoms with E-state index in [9.17, 15) is 13.2 Å². The summed E-state index contributed by atoms with van der Waals surface area (Å²) >= 11 is 0. The Balaban J connectivity index is 2.49. The summed E-state index contributed by atoms with van der Waals surface area (Å²) in [6.45, 7) is 1.86. The van der Waals surface area contributed by atoms with E-state index in [1.165, 1.54) is 7.05 Å². The van der Waals surface area contributed by atoms with Gasteiger partial charge in [-0.15, -0.1) is 0 Å². The lowest BCUT2D eigenvalue weighted by atomic mass is 10.0. The van der Waals surface area contributed by atoms with E-state index in [0.29, 0.717) is 5.92 Å². The van der Waals surface area contributed by atoms with Crippen molar-refractivity contribution in [3.63, 3.8) is 0 Å². The molecular weight excluding hydrogens is 256 g/mol. The van der Waals surface area contributed by atoms with Crippen LogP contribution >= 0.6 is 0 Å². The van der Waals surface area contributed by atoms with Gasteiger partial charge in [-0.05, 0) is 25.7 Å². The largest absolute Gasteiger partial charge is 0.481 e. The number of nitrogens with one attached hydrogen (secondary N) is 1. The van der Waals surface area contributed by atoms with Gasteiger partial charge in [0.05, 0.1) is 6.42 Å². The SMILES string of the molecule is C[C@H](NS(=O)(=O)N(C)CCC(=O)O)C1CCCC1. The first-order valence-corrected chi connectivity index (χ1v) is 7.72. The van der Waals surface area contributed by atoms with E-state index in [1.54, 1.807) is 0 Å². The molecule has 0 unspecified atom stereocenters. The molecule has 106 valence electrons. The summed E-state index contributed by atoms with van der Waals surface area (Å²) in [6, 6.07) is -0.0928. The zero-order chi connectivity index (χ0) is 13.8. The van der Waals surface area contributed by atoms with E-state index >= 15 is 0 Å². The molecule has 7 heteroatoms. The summed E-state index contributed by atoms with van der Waals surface area (Å²) in [5, 5.41) is 8.54. The molecule has 1 rings (SSSR count). The molecule has 1 aliphatic carbocycles. The van der Waals surface area contributed by atoms with Crippen LogP contribution in [-0.4, -0.2) is 43.4 Å². The van der Waals surface area contributed by atoms with Gasteiger partial charge < -0.3 is 5.11 Å². The third kappa shape index (κ3) is 4.55. The highest BCUT2D eigenvalue weighted by atomic mass is 32.2. The maximum absolute atomic E-state index is 11.9. The lowest BCUT2D eigenvalue weighted by Gasteiger charge is -2.24. The molecule has 2 N–H and O–H groups in total. The van der Waals surface area contributed by atoms with Crippen LogP contribution in [0.15, 0.2) is 0 Å². The molecule has 0 radical (unpaired) electrons. The molecule has 1 atom stereocenters. The molecule has 0 amide bonds. The van der Waals surface area contributed by atoms with Gasteiger partial charge in [-0.3, -0.25) is 4.79 Å². The maximum atomic E-state index is 11.9. The smallest absolute Gasteiger partial charge is 0.304 e. The van der Waals surface area contributed by atoms with Crippen molar-refractivity contribution in [1.29, 1.82) is 0 Å². The molecule has 1 fully saturated rings. The second-order valence-electron chi connectivity index (χ2n) is 4.92. The first kappa shape index (κ1) is 15.4. The van der Waals surface area contributed by atoms with E-state index in [-0.39, 0.29) is 19.0 Å². The lowest BCUT2D eigenvalue weighted by molar-refractivity contribution is -0.137. The molecule has 0 heterocycles. The number of carboxylic acids is 1. The van der Waals surface area contributed by atoms with Crippen LogP contribution in [-0.2, 0) is 15.0 Å². The van der Waals surface area contributed by atoms with Gasteiger partial charge in [0, 0.05) is 19.6 Å². The first-order chi connectivity index (χ1) is 8.33. The monoisotopic (exact) mass is 278 g/mol. The van der Waals surface area contributed by atoms with E-state index in [1.807, 2.05) is 6.92 Å². The van der Waals surface area contributed by atoms with Crippen molar-refractivity contribution in [3.05, 3.63) is 0 Å². The molecular formula is C11H22N2O4S. The molecule has 1 aliphatic rings. The standard InChI is InChI=1S/C11H22N2O4S/c1-9(10-5-3-4-6-10)12-18(16,17)13(2)8-7-11(14)15/h9-10,12H,3-8H2,1-2H3,(H,14,15)/t9-/m0/s1. The van der Waals surface area contributed by atoms with E-state index in [2.05, 4.69) is 4.72 Å². The predicted molar refractivity (Wildman–Crippen MR) is 68.4 cm³/mol. The Hall–Kier alpha value is -0.660. The summed E-state index contributed by atoms with van der Waals surface area (Å²) in [4.78, 5) is 10.4. The summed E-state index contributed by atoms with van der Waals surface area (Å²) in [5.41, 5.74) is 0. The fourth-order valence-corrected chi connectivity index (χ4v) is 3.43. The third-order valence-corrected chi connectivity index (χ3v) is 5.17. The number of carboxylic acid groups (broad SMARTS) is 1. The van der Waals surface area contributed by atoms with Crippen LogP contribution in [0.2, 0.25) is 0 Å². The third-order valence-electron chi connectivity index (χ3n) is 3.49. The zero-order valence-corrected chi connectivity index (χ0v) is 11.7. The van der Waals surface area contributed by atoms with Crippen LogP contribution in [0.25, 0.3) is 0 Å². The van der Waals surface area contributed by atoms with E-state index in [0.717, 1.165) is 30.0 Å². The zero-order valence-electron chi connectivity index (χ0n) is 10.9. The van der Waals surface area contributed by atoms with Crippen molar-refractivity contribution in [2.75, 3.05) is 13.6 Å². The highest BCUT2D eigenvalue weighted by Gasteiger charge is 2.27. The Kier molecular flexibility index (Phi) is 5.55. The van der Waals surface area contributed by atoms with Crippen molar-refractivity contribution in [2.45, 2.75) is 45.1 Å². The Morgan fingerprint density at radius 1 is 1.44 bits per heavy atom. The van der Waals surface area contributed by atoms with Crippen molar-refractivity contribution in [3.8, 4) is 0 Å². The van der Waals surface area contributed by atoms with Gasteiger partial charge in [-0.1, -0.05) is 12.8 Å². The second-order valence-corrected chi connectivity index (χ2v) is 6.73. The Morgan fingerprint density at radius 2 is 2.00 bits per heavy atom. The average molecular weight is 278 g/mol. The summed E-state index contributed by atoms with van der Waals surface area (Å²) in [7, 11) is -2.18. The number of rotatable bonds is 7. The fourth-order valence-electron chi connectivity index (χ4n) is 2.25. The quantitative estimate of drug-likeness (QED) is 0.721. The van der Waals surface area contributed by atoms with Gasteiger partial charge in [-0.25, -0.2) is 0 Å². The minimum Gasteiger partial charge on any atom is -0.481 e. The molecule has 0 bridgehead atoms. The summed E-state index contributed by atoms with van der Waals surface area (Å²) < 4.78 is 27.6. The number of hydrogen-bond donors (Lipinski definition) is 2. The minimum absolute atomic E-state index is 0.0119. The van der Waals surface area contributed by atoms with Crippen LogP contribution < -0.4 is 4.72 Å². The number of carbonyl (C=O) groups is 1. The van der Waals surface area contributed by atoms with Crippen molar-refractivity contribution < 1.29 is 18.3 Å². The fraction of sp³-hybridized carbons (Fsp3) is 0.909. The maximum Gasteiger partial charge on any atom is 0.304 e. The van der Waals surface area contributed by atoms with E-state index < -0.39 is 16.2 Å². The highest BCUT2D eigenvalue weighted by molar-refractivity contribution is 7.87. The summed E-state index contributed by atoms with van der Waals surface area (Å²) in [6.07, 6.45) is 4.25. The van der Waals surface area contributed by atoms with Crippen LogP contribution in [0.5, 0.6) is 0 Å². The molecule has 18 heavy (non-hydrogen) atoms. The van der Waals surface area contributed by atoms with Gasteiger partial charge in [0.2, 0.25) is 0 Å². The molecule has 0 saturated heterocycles. The Labute approximate surface area is 109 Å². The molecule has 0 aliphatic heterocycles. The molecule has 0 aromatic carbocycles. The molecule has 6 nitrogen and oxygen atoms in total. The number of hydrogen-bond acceptors (Lipinski definition) is 3. The minimum atomic E-state index is -3.57. The Bertz CT molecular complexity index is 377. The van der Waals surface area contributed by atoms with Crippen LogP contribution in [0.1, 0.15) is 39.0 Å². The molecule has 0 spiro atoms. The van der Waals surface area contributed by atoms with Gasteiger partial charge in [0.15, 0.2) is 0 Å². The predicted octanol–water partition coefficient (Wildman–Crippen LogP) is 0.806. The molecule has 0 aromatic heterocycles. The van der Waals surface area contributed by atoms with E-state index in [4.69, 9.17) is 5.11 Å². The number of aliphatic carboxylic acids is 1. The van der Waals surface area contributed by atoms with Gasteiger partial charge >= 0.3 is 5.97 Å². The normalized spacial score (nSPS) is 19.3. The highest BCUT2D eigenvalue weighted by Crippen LogP contribution is 2.27. The summed E-state index contributed by atoms with van der Waals surface area (Å²) in [5.74, 6) is -0.603. The van der Waals surface area contributed by atoms with Gasteiger partial charge in [0.25, 0.3) is 10.2 Å².